The van der Waals surface area contributed by atoms with E-state index in [2.05, 4.69) is 17.6 Å². The molecule has 0 radical (unpaired) electrons. The number of anilines is 2. The number of methoxy groups -OCH3 is 1. The maximum atomic E-state index is 13.4. The molecule has 1 heterocycles. The number of fused-ring (bicyclic) bond motifs is 1. The molecule has 204 valence electrons. The van der Waals surface area contributed by atoms with Crippen LogP contribution in [0, 0.1) is 11.8 Å². The summed E-state index contributed by atoms with van der Waals surface area (Å²) in [5, 5.41) is 5.58. The van der Waals surface area contributed by atoms with Gasteiger partial charge in [-0.3, -0.25) is 9.59 Å². The summed E-state index contributed by atoms with van der Waals surface area (Å²) >= 11 is 0. The fourth-order valence-electron chi connectivity index (χ4n) is 4.70. The molecule has 3 atom stereocenters. The predicted octanol–water partition coefficient (Wildman–Crippen LogP) is 4.46. The van der Waals surface area contributed by atoms with Gasteiger partial charge < -0.3 is 29.9 Å². The first-order valence-electron chi connectivity index (χ1n) is 13.2. The first kappa shape index (κ1) is 27.4. The van der Waals surface area contributed by atoms with Crippen molar-refractivity contribution in [2.75, 3.05) is 44.5 Å². The summed E-state index contributed by atoms with van der Waals surface area (Å²) in [7, 11) is 3.37. The monoisotopic (exact) mass is 522 g/mol. The quantitative estimate of drug-likeness (QED) is 0.604. The van der Waals surface area contributed by atoms with E-state index >= 15 is 0 Å². The normalized spacial score (nSPS) is 22.4. The Morgan fingerprint density at radius 2 is 1.74 bits per heavy atom. The van der Waals surface area contributed by atoms with Gasteiger partial charge in [-0.15, -0.1) is 0 Å². The highest BCUT2D eigenvalue weighted by Gasteiger charge is 2.33. The maximum absolute atomic E-state index is 13.4. The Kier molecular flexibility index (Phi) is 8.89. The molecule has 38 heavy (non-hydrogen) atoms. The van der Waals surface area contributed by atoms with Gasteiger partial charge in [0, 0.05) is 57.0 Å². The molecule has 2 N–H and O–H groups in total. The molecule has 0 unspecified atom stereocenters. The summed E-state index contributed by atoms with van der Waals surface area (Å²) in [4.78, 5) is 42.7. The van der Waals surface area contributed by atoms with Crippen LogP contribution in [-0.2, 0) is 9.53 Å². The highest BCUT2D eigenvalue weighted by molar-refractivity contribution is 6.01. The second kappa shape index (κ2) is 12.3. The summed E-state index contributed by atoms with van der Waals surface area (Å²) in [5.74, 6) is 0.771. The van der Waals surface area contributed by atoms with Gasteiger partial charge in [-0.1, -0.05) is 25.1 Å². The molecular weight excluding hydrogens is 484 g/mol. The molecule has 1 aliphatic carbocycles. The van der Waals surface area contributed by atoms with Gasteiger partial charge in [-0.05, 0) is 49.9 Å². The topological polar surface area (TPSA) is 100 Å². The second-order valence-electron chi connectivity index (χ2n) is 10.4. The Labute approximate surface area is 224 Å². The molecule has 2 aromatic carbocycles. The predicted molar refractivity (Wildman–Crippen MR) is 146 cm³/mol. The second-order valence-corrected chi connectivity index (χ2v) is 10.4. The van der Waals surface area contributed by atoms with E-state index in [4.69, 9.17) is 9.47 Å². The summed E-state index contributed by atoms with van der Waals surface area (Å²) in [5.41, 5.74) is 1.53. The Morgan fingerprint density at radius 1 is 1.03 bits per heavy atom. The molecule has 9 heteroatoms. The lowest BCUT2D eigenvalue weighted by Gasteiger charge is -2.36. The standard InChI is InChI=1S/C29H38N4O5/c1-19-16-33(27(34)14-21-10-11-21)20(2)18-38-25-15-23(31-29(36)30-22-8-6-5-7-9-22)12-13-24(25)28(35)32(3)17-26(19)37-4/h5-9,12-13,15,19-21,26H,10-11,14,16-18H2,1-4H3,(H2,30,31,36)/t19-,20-,26+/m1/s1. The van der Waals surface area contributed by atoms with Crippen molar-refractivity contribution in [1.82, 2.24) is 9.80 Å². The zero-order valence-electron chi connectivity index (χ0n) is 22.6. The average Bonchev–Trinajstić information content (AvgIpc) is 3.72. The molecule has 9 nitrogen and oxygen atoms in total. The highest BCUT2D eigenvalue weighted by Crippen LogP contribution is 2.33. The van der Waals surface area contributed by atoms with Crippen molar-refractivity contribution in [1.29, 1.82) is 0 Å². The maximum Gasteiger partial charge on any atom is 0.323 e. The first-order chi connectivity index (χ1) is 18.2. The molecular formula is C29H38N4O5. The molecule has 0 spiro atoms. The molecule has 2 aromatic rings. The lowest BCUT2D eigenvalue weighted by atomic mass is 10.0. The van der Waals surface area contributed by atoms with Gasteiger partial charge >= 0.3 is 6.03 Å². The van der Waals surface area contributed by atoms with E-state index in [0.717, 1.165) is 12.8 Å². The van der Waals surface area contributed by atoms with Crippen LogP contribution in [-0.4, -0.2) is 73.6 Å². The highest BCUT2D eigenvalue weighted by atomic mass is 16.5. The number of urea groups is 1. The van der Waals surface area contributed by atoms with E-state index in [1.54, 1.807) is 49.4 Å². The summed E-state index contributed by atoms with van der Waals surface area (Å²) < 4.78 is 11.9. The Balaban J connectivity index is 1.58. The number of hydrogen-bond acceptors (Lipinski definition) is 5. The number of hydrogen-bond donors (Lipinski definition) is 2. The summed E-state index contributed by atoms with van der Waals surface area (Å²) in [6.45, 7) is 5.12. The van der Waals surface area contributed by atoms with Crippen LogP contribution >= 0.6 is 0 Å². The Hall–Kier alpha value is -3.59. The van der Waals surface area contributed by atoms with Crippen LogP contribution in [0.25, 0.3) is 0 Å². The van der Waals surface area contributed by atoms with Crippen molar-refractivity contribution < 1.29 is 23.9 Å². The minimum atomic E-state index is -0.408. The summed E-state index contributed by atoms with van der Waals surface area (Å²) in [6, 6.07) is 13.5. The minimum Gasteiger partial charge on any atom is -0.491 e. The van der Waals surface area contributed by atoms with E-state index in [0.29, 0.717) is 48.1 Å². The molecule has 0 bridgehead atoms. The van der Waals surface area contributed by atoms with Gasteiger partial charge in [-0.2, -0.15) is 0 Å². The van der Waals surface area contributed by atoms with E-state index in [9.17, 15) is 14.4 Å². The molecule has 1 saturated carbocycles. The van der Waals surface area contributed by atoms with Crippen LogP contribution in [0.15, 0.2) is 48.5 Å². The molecule has 2 aliphatic rings. The molecule has 4 amide bonds. The smallest absolute Gasteiger partial charge is 0.323 e. The van der Waals surface area contributed by atoms with Crippen LogP contribution in [0.1, 0.15) is 43.5 Å². The number of nitrogens with zero attached hydrogens (tertiary/aromatic N) is 2. The van der Waals surface area contributed by atoms with Crippen molar-refractivity contribution in [3.63, 3.8) is 0 Å². The fourth-order valence-corrected chi connectivity index (χ4v) is 4.70. The molecule has 1 fully saturated rings. The Morgan fingerprint density at radius 3 is 2.42 bits per heavy atom. The van der Waals surface area contributed by atoms with Crippen molar-refractivity contribution in [2.24, 2.45) is 11.8 Å². The van der Waals surface area contributed by atoms with Crippen molar-refractivity contribution in [3.05, 3.63) is 54.1 Å². The van der Waals surface area contributed by atoms with Crippen LogP contribution in [0.3, 0.4) is 0 Å². The van der Waals surface area contributed by atoms with E-state index in [1.165, 1.54) is 0 Å². The van der Waals surface area contributed by atoms with E-state index < -0.39 is 6.03 Å². The number of benzene rings is 2. The number of rotatable bonds is 5. The number of para-hydroxylation sites is 1. The third-order valence-electron chi connectivity index (χ3n) is 7.22. The van der Waals surface area contributed by atoms with E-state index in [1.807, 2.05) is 30.0 Å². The Bertz CT molecular complexity index is 1140. The number of carbonyl (C=O) groups is 3. The van der Waals surface area contributed by atoms with Crippen LogP contribution in [0.4, 0.5) is 16.2 Å². The third-order valence-corrected chi connectivity index (χ3v) is 7.22. The van der Waals surface area contributed by atoms with Crippen LogP contribution < -0.4 is 15.4 Å². The van der Waals surface area contributed by atoms with Gasteiger partial charge in [0.15, 0.2) is 0 Å². The fraction of sp³-hybridized carbons (Fsp3) is 0.483. The zero-order valence-corrected chi connectivity index (χ0v) is 22.6. The van der Waals surface area contributed by atoms with E-state index in [-0.39, 0.29) is 36.5 Å². The number of amides is 4. The van der Waals surface area contributed by atoms with Crippen molar-refractivity contribution in [3.8, 4) is 5.75 Å². The SMILES string of the molecule is CO[C@H]1CN(C)C(=O)c2ccc(NC(=O)Nc3ccccc3)cc2OC[C@@H](C)N(C(=O)CC2CC2)C[C@H]1C. The van der Waals surface area contributed by atoms with Crippen molar-refractivity contribution >= 4 is 29.2 Å². The zero-order chi connectivity index (χ0) is 27.2. The number of carbonyl (C=O) groups excluding carboxylic acids is 3. The van der Waals surface area contributed by atoms with Gasteiger partial charge in [0.1, 0.15) is 12.4 Å². The molecule has 4 rings (SSSR count). The number of likely N-dealkylation sites (N-methyl/N-ethyl adjacent to an activating group) is 1. The summed E-state index contributed by atoms with van der Waals surface area (Å²) in [6.07, 6.45) is 2.52. The van der Waals surface area contributed by atoms with Gasteiger partial charge in [0.2, 0.25) is 5.91 Å². The first-order valence-corrected chi connectivity index (χ1v) is 13.2. The third kappa shape index (κ3) is 7.04. The lowest BCUT2D eigenvalue weighted by molar-refractivity contribution is -0.135. The van der Waals surface area contributed by atoms with Crippen LogP contribution in [0.5, 0.6) is 5.75 Å². The largest absolute Gasteiger partial charge is 0.491 e. The minimum absolute atomic E-state index is 0.0226. The molecule has 0 aromatic heterocycles. The molecule has 1 aliphatic heterocycles. The number of nitrogens with one attached hydrogen (secondary N) is 2. The number of ether oxygens (including phenoxy) is 2. The average molecular weight is 523 g/mol. The van der Waals surface area contributed by atoms with Gasteiger partial charge in [-0.25, -0.2) is 4.79 Å². The lowest BCUT2D eigenvalue weighted by Crippen LogP contribution is -2.48. The van der Waals surface area contributed by atoms with Gasteiger partial charge in [0.25, 0.3) is 5.91 Å². The molecule has 0 saturated heterocycles. The van der Waals surface area contributed by atoms with Crippen molar-refractivity contribution in [2.45, 2.75) is 45.3 Å². The van der Waals surface area contributed by atoms with Gasteiger partial charge in [0.05, 0.1) is 17.7 Å². The van der Waals surface area contributed by atoms with Crippen LogP contribution in [0.2, 0.25) is 0 Å².